The van der Waals surface area contributed by atoms with Crippen LogP contribution in [0.5, 0.6) is 5.75 Å². The predicted molar refractivity (Wildman–Crippen MR) is 72.0 cm³/mol. The quantitative estimate of drug-likeness (QED) is 0.517. The lowest BCUT2D eigenvalue weighted by Crippen LogP contribution is -2.32. The third-order valence-corrected chi connectivity index (χ3v) is 4.30. The van der Waals surface area contributed by atoms with Crippen LogP contribution in [-0.2, 0) is 10.1 Å². The van der Waals surface area contributed by atoms with Crippen molar-refractivity contribution in [3.8, 4) is 5.75 Å². The minimum atomic E-state index is -5.74. The molecule has 1 aliphatic heterocycles. The van der Waals surface area contributed by atoms with Crippen LogP contribution >= 0.6 is 0 Å². The highest BCUT2D eigenvalue weighted by Gasteiger charge is 2.48. The van der Waals surface area contributed by atoms with Crippen LogP contribution in [0.4, 0.5) is 13.2 Å². The average molecular weight is 337 g/mol. The van der Waals surface area contributed by atoms with E-state index in [9.17, 15) is 26.4 Å². The Morgan fingerprint density at radius 1 is 1.23 bits per heavy atom. The number of benzene rings is 1. The van der Waals surface area contributed by atoms with E-state index in [0.717, 1.165) is 12.1 Å². The van der Waals surface area contributed by atoms with Crippen LogP contribution < -0.4 is 9.50 Å². The second kappa shape index (κ2) is 6.25. The van der Waals surface area contributed by atoms with E-state index >= 15 is 0 Å². The van der Waals surface area contributed by atoms with Crippen molar-refractivity contribution >= 4 is 15.9 Å². The van der Waals surface area contributed by atoms with Crippen LogP contribution in [0.25, 0.3) is 0 Å². The van der Waals surface area contributed by atoms with Crippen LogP contribution in [0.3, 0.4) is 0 Å². The zero-order valence-corrected chi connectivity index (χ0v) is 12.2. The molecule has 9 heteroatoms. The normalized spacial score (nSPS) is 17.2. The number of carbonyl (C=O) groups is 1. The summed E-state index contributed by atoms with van der Waals surface area (Å²) in [6, 6.07) is 4.79. The number of piperidine rings is 1. The van der Waals surface area contributed by atoms with E-state index in [1.807, 2.05) is 0 Å². The molecule has 22 heavy (non-hydrogen) atoms. The second-order valence-electron chi connectivity index (χ2n) is 4.90. The van der Waals surface area contributed by atoms with E-state index in [-0.39, 0.29) is 17.3 Å². The molecule has 0 amide bonds. The Kier molecular flexibility index (Phi) is 4.76. The van der Waals surface area contributed by atoms with Crippen LogP contribution in [0.2, 0.25) is 0 Å². The zero-order valence-electron chi connectivity index (χ0n) is 11.4. The maximum Gasteiger partial charge on any atom is 0.534 e. The molecule has 1 aromatic carbocycles. The van der Waals surface area contributed by atoms with Crippen molar-refractivity contribution in [2.45, 2.75) is 18.3 Å². The fraction of sp³-hybridized carbons (Fsp3) is 0.462. The summed E-state index contributed by atoms with van der Waals surface area (Å²) in [6.07, 6.45) is 1.26. The van der Waals surface area contributed by atoms with Gasteiger partial charge in [0, 0.05) is 11.5 Å². The molecule has 0 radical (unpaired) electrons. The number of halogens is 3. The van der Waals surface area contributed by atoms with Crippen molar-refractivity contribution in [2.75, 3.05) is 13.1 Å². The van der Waals surface area contributed by atoms with Gasteiger partial charge >= 0.3 is 15.6 Å². The van der Waals surface area contributed by atoms with Gasteiger partial charge in [-0.3, -0.25) is 4.79 Å². The molecule has 1 aliphatic rings. The van der Waals surface area contributed by atoms with Crippen molar-refractivity contribution in [3.63, 3.8) is 0 Å². The summed E-state index contributed by atoms with van der Waals surface area (Å²) in [5.74, 6) is -0.982. The first-order valence-electron chi connectivity index (χ1n) is 6.56. The molecule has 5 nitrogen and oxygen atoms in total. The molecule has 0 bridgehead atoms. The number of ketones is 1. The van der Waals surface area contributed by atoms with Crippen LogP contribution in [-0.4, -0.2) is 32.8 Å². The molecule has 1 N–H and O–H groups in total. The third-order valence-electron chi connectivity index (χ3n) is 3.32. The molecule has 1 saturated heterocycles. The van der Waals surface area contributed by atoms with Crippen molar-refractivity contribution < 1.29 is 30.6 Å². The summed E-state index contributed by atoms with van der Waals surface area (Å²) in [6.45, 7) is 1.38. The Labute approximate surface area is 125 Å². The fourth-order valence-electron chi connectivity index (χ4n) is 2.19. The van der Waals surface area contributed by atoms with Gasteiger partial charge in [-0.25, -0.2) is 0 Å². The summed E-state index contributed by atoms with van der Waals surface area (Å²) in [5, 5.41) is 3.10. The van der Waals surface area contributed by atoms with Crippen molar-refractivity contribution in [1.82, 2.24) is 5.32 Å². The van der Waals surface area contributed by atoms with Gasteiger partial charge in [0.2, 0.25) is 0 Å². The number of nitrogens with one attached hydrogen (secondary N) is 1. The van der Waals surface area contributed by atoms with E-state index in [1.54, 1.807) is 0 Å². The minimum Gasteiger partial charge on any atom is -0.376 e. The number of alkyl halides is 3. The van der Waals surface area contributed by atoms with Crippen LogP contribution in [0.1, 0.15) is 23.2 Å². The SMILES string of the molecule is O=C(c1cccc(OS(=O)(=O)C(F)(F)F)c1)C1CCNCC1. The Balaban J connectivity index is 2.18. The molecule has 122 valence electrons. The van der Waals surface area contributed by atoms with Gasteiger partial charge in [0.05, 0.1) is 0 Å². The first-order chi connectivity index (χ1) is 10.2. The Bertz CT molecular complexity index is 651. The van der Waals surface area contributed by atoms with Gasteiger partial charge in [0.1, 0.15) is 5.75 Å². The molecule has 0 aromatic heterocycles. The second-order valence-corrected chi connectivity index (χ2v) is 6.44. The smallest absolute Gasteiger partial charge is 0.376 e. The highest BCUT2D eigenvalue weighted by molar-refractivity contribution is 7.88. The lowest BCUT2D eigenvalue weighted by atomic mass is 9.89. The average Bonchev–Trinajstić information content (AvgIpc) is 2.46. The van der Waals surface area contributed by atoms with Gasteiger partial charge in [-0.1, -0.05) is 12.1 Å². The monoisotopic (exact) mass is 337 g/mol. The maximum absolute atomic E-state index is 12.3. The largest absolute Gasteiger partial charge is 0.534 e. The Hall–Kier alpha value is -1.61. The van der Waals surface area contributed by atoms with Crippen LogP contribution in [0.15, 0.2) is 24.3 Å². The molecule has 1 heterocycles. The van der Waals surface area contributed by atoms with Gasteiger partial charge in [-0.15, -0.1) is 0 Å². The highest BCUT2D eigenvalue weighted by atomic mass is 32.2. The number of hydrogen-bond acceptors (Lipinski definition) is 5. The van der Waals surface area contributed by atoms with Gasteiger partial charge in [0.15, 0.2) is 5.78 Å². The van der Waals surface area contributed by atoms with E-state index < -0.39 is 21.4 Å². The summed E-state index contributed by atoms with van der Waals surface area (Å²) in [4.78, 5) is 12.3. The number of Topliss-reactive ketones (excluding diaryl/α,β-unsaturated/α-hetero) is 1. The number of carbonyl (C=O) groups excluding carboxylic acids is 1. The predicted octanol–water partition coefficient (Wildman–Crippen LogP) is 2.10. The standard InChI is InChI=1S/C13H14F3NO4S/c14-13(15,16)22(19,20)21-11-3-1-2-10(8-11)12(18)9-4-6-17-7-5-9/h1-3,8-9,17H,4-7H2. The molecule has 0 spiro atoms. The zero-order chi connectivity index (χ0) is 16.4. The van der Waals surface area contributed by atoms with E-state index in [2.05, 4.69) is 9.50 Å². The molecule has 1 aromatic rings. The van der Waals surface area contributed by atoms with Gasteiger partial charge in [0.25, 0.3) is 0 Å². The van der Waals surface area contributed by atoms with Gasteiger partial charge < -0.3 is 9.50 Å². The topological polar surface area (TPSA) is 72.5 Å². The first kappa shape index (κ1) is 16.8. The van der Waals surface area contributed by atoms with E-state index in [1.165, 1.54) is 12.1 Å². The number of rotatable bonds is 4. The molecular weight excluding hydrogens is 323 g/mol. The first-order valence-corrected chi connectivity index (χ1v) is 7.97. The maximum atomic E-state index is 12.3. The summed E-state index contributed by atoms with van der Waals surface area (Å²) >= 11 is 0. The number of hydrogen-bond donors (Lipinski definition) is 1. The third kappa shape index (κ3) is 3.77. The summed E-state index contributed by atoms with van der Waals surface area (Å²) in [5.41, 5.74) is -5.37. The lowest BCUT2D eigenvalue weighted by molar-refractivity contribution is -0.0500. The van der Waals surface area contributed by atoms with Gasteiger partial charge in [-0.05, 0) is 38.1 Å². The molecular formula is C13H14F3NO4S. The Morgan fingerprint density at radius 3 is 2.45 bits per heavy atom. The van der Waals surface area contributed by atoms with E-state index in [0.29, 0.717) is 25.9 Å². The van der Waals surface area contributed by atoms with Gasteiger partial charge in [-0.2, -0.15) is 21.6 Å². The lowest BCUT2D eigenvalue weighted by Gasteiger charge is -2.21. The van der Waals surface area contributed by atoms with Crippen LogP contribution in [0, 0.1) is 5.92 Å². The highest BCUT2D eigenvalue weighted by Crippen LogP contribution is 2.28. The summed E-state index contributed by atoms with van der Waals surface area (Å²) in [7, 11) is -5.74. The van der Waals surface area contributed by atoms with E-state index in [4.69, 9.17) is 0 Å². The minimum absolute atomic E-state index is 0.141. The Morgan fingerprint density at radius 2 is 1.86 bits per heavy atom. The molecule has 0 unspecified atom stereocenters. The van der Waals surface area contributed by atoms with Crippen molar-refractivity contribution in [1.29, 1.82) is 0 Å². The molecule has 1 fully saturated rings. The molecule has 0 saturated carbocycles. The van der Waals surface area contributed by atoms with Crippen molar-refractivity contribution in [2.24, 2.45) is 5.92 Å². The van der Waals surface area contributed by atoms with Crippen molar-refractivity contribution in [3.05, 3.63) is 29.8 Å². The molecule has 0 aliphatic carbocycles. The molecule has 2 rings (SSSR count). The fourth-order valence-corrected chi connectivity index (χ4v) is 2.65. The molecule has 0 atom stereocenters. The summed E-state index contributed by atoms with van der Waals surface area (Å²) < 4.78 is 62.8.